The van der Waals surface area contributed by atoms with E-state index in [0.717, 1.165) is 19.3 Å². The molecule has 0 saturated carbocycles. The zero-order chi connectivity index (χ0) is 17.3. The molecule has 2 amide bonds. The Morgan fingerprint density at radius 1 is 1.04 bits per heavy atom. The van der Waals surface area contributed by atoms with Gasteiger partial charge in [0.15, 0.2) is 0 Å². The van der Waals surface area contributed by atoms with E-state index >= 15 is 0 Å². The standard InChI is InChI=1S/C19H26N2O3/c1-19(2,3)24-18(23)21-15-10-7-11-16(21)13-20(12-15)17(22)14-8-5-4-6-9-14/h4-6,8-9,15-16H,7,10-13H2,1-3H3/t15-,16+. The highest BCUT2D eigenvalue weighted by molar-refractivity contribution is 5.94. The maximum atomic E-state index is 12.7. The molecule has 1 aromatic carbocycles. The van der Waals surface area contributed by atoms with Crippen molar-refractivity contribution >= 4 is 12.0 Å². The van der Waals surface area contributed by atoms with Crippen molar-refractivity contribution in [3.63, 3.8) is 0 Å². The van der Waals surface area contributed by atoms with Crippen LogP contribution in [0, 0.1) is 0 Å². The smallest absolute Gasteiger partial charge is 0.410 e. The SMILES string of the molecule is CC(C)(C)OC(=O)N1[C@@H]2CCC[C@H]1CN(C(=O)c1ccccc1)C2. The van der Waals surface area contributed by atoms with Gasteiger partial charge in [0.05, 0.1) is 12.1 Å². The first kappa shape index (κ1) is 16.8. The van der Waals surface area contributed by atoms with Crippen molar-refractivity contribution in [2.75, 3.05) is 13.1 Å². The van der Waals surface area contributed by atoms with E-state index in [0.29, 0.717) is 18.7 Å². The fourth-order valence-corrected chi connectivity index (χ4v) is 3.65. The van der Waals surface area contributed by atoms with Crippen LogP contribution in [0.4, 0.5) is 4.79 Å². The van der Waals surface area contributed by atoms with Gasteiger partial charge in [-0.25, -0.2) is 4.79 Å². The number of hydrogen-bond donors (Lipinski definition) is 0. The Morgan fingerprint density at radius 2 is 1.62 bits per heavy atom. The molecule has 0 N–H and O–H groups in total. The highest BCUT2D eigenvalue weighted by atomic mass is 16.6. The Hall–Kier alpha value is -2.04. The number of nitrogens with zero attached hydrogens (tertiary/aromatic N) is 2. The minimum absolute atomic E-state index is 0.0522. The summed E-state index contributed by atoms with van der Waals surface area (Å²) in [5.41, 5.74) is 0.212. The van der Waals surface area contributed by atoms with Gasteiger partial charge < -0.3 is 9.64 Å². The Kier molecular flexibility index (Phi) is 4.52. The average molecular weight is 330 g/mol. The largest absolute Gasteiger partial charge is 0.444 e. The molecule has 0 aromatic heterocycles. The number of hydrogen-bond acceptors (Lipinski definition) is 3. The molecule has 5 nitrogen and oxygen atoms in total. The third-order valence-corrected chi connectivity index (χ3v) is 4.64. The normalized spacial score (nSPS) is 23.8. The molecule has 3 rings (SSSR count). The van der Waals surface area contributed by atoms with Crippen LogP contribution in [-0.4, -0.2) is 52.6 Å². The van der Waals surface area contributed by atoms with E-state index in [4.69, 9.17) is 4.74 Å². The minimum Gasteiger partial charge on any atom is -0.444 e. The van der Waals surface area contributed by atoms with Gasteiger partial charge in [0.2, 0.25) is 0 Å². The molecule has 5 heteroatoms. The van der Waals surface area contributed by atoms with Crippen molar-refractivity contribution in [2.24, 2.45) is 0 Å². The van der Waals surface area contributed by atoms with E-state index in [-0.39, 0.29) is 24.1 Å². The summed E-state index contributed by atoms with van der Waals surface area (Å²) in [5.74, 6) is 0.0522. The van der Waals surface area contributed by atoms with Gasteiger partial charge >= 0.3 is 6.09 Å². The molecule has 1 aromatic rings. The number of fused-ring (bicyclic) bond motifs is 2. The van der Waals surface area contributed by atoms with Crippen LogP contribution in [0.3, 0.4) is 0 Å². The Bertz CT molecular complexity index is 595. The third-order valence-electron chi connectivity index (χ3n) is 4.64. The van der Waals surface area contributed by atoms with Gasteiger partial charge in [0, 0.05) is 18.7 Å². The molecule has 2 fully saturated rings. The van der Waals surface area contributed by atoms with E-state index in [2.05, 4.69) is 0 Å². The quantitative estimate of drug-likeness (QED) is 0.794. The van der Waals surface area contributed by atoms with Crippen molar-refractivity contribution in [1.82, 2.24) is 9.80 Å². The summed E-state index contributed by atoms with van der Waals surface area (Å²) in [5, 5.41) is 0. The molecule has 0 unspecified atom stereocenters. The maximum Gasteiger partial charge on any atom is 0.410 e. The van der Waals surface area contributed by atoms with Crippen molar-refractivity contribution in [1.29, 1.82) is 0 Å². The van der Waals surface area contributed by atoms with Crippen molar-refractivity contribution in [3.05, 3.63) is 35.9 Å². The van der Waals surface area contributed by atoms with Crippen LogP contribution in [-0.2, 0) is 4.74 Å². The Morgan fingerprint density at radius 3 is 2.17 bits per heavy atom. The van der Waals surface area contributed by atoms with Crippen LogP contribution in [0.25, 0.3) is 0 Å². The average Bonchev–Trinajstić information content (AvgIpc) is 2.52. The van der Waals surface area contributed by atoms with E-state index < -0.39 is 5.60 Å². The minimum atomic E-state index is -0.498. The molecule has 2 atom stereocenters. The molecule has 0 spiro atoms. The van der Waals surface area contributed by atoms with E-state index in [9.17, 15) is 9.59 Å². The first-order valence-electron chi connectivity index (χ1n) is 8.71. The number of benzene rings is 1. The predicted molar refractivity (Wildman–Crippen MR) is 91.8 cm³/mol. The first-order chi connectivity index (χ1) is 11.3. The lowest BCUT2D eigenvalue weighted by atomic mass is 9.91. The summed E-state index contributed by atoms with van der Waals surface area (Å²) in [4.78, 5) is 29.1. The molecule has 2 aliphatic rings. The molecular formula is C19H26N2O3. The van der Waals surface area contributed by atoms with Gasteiger partial charge in [0.25, 0.3) is 5.91 Å². The lowest BCUT2D eigenvalue weighted by molar-refractivity contribution is -0.0334. The topological polar surface area (TPSA) is 49.9 Å². The fraction of sp³-hybridized carbons (Fsp3) is 0.579. The highest BCUT2D eigenvalue weighted by Crippen LogP contribution is 2.31. The van der Waals surface area contributed by atoms with Crippen LogP contribution in [0.15, 0.2) is 30.3 Å². The van der Waals surface area contributed by atoms with Crippen LogP contribution in [0.1, 0.15) is 50.4 Å². The second kappa shape index (κ2) is 6.46. The van der Waals surface area contributed by atoms with Gasteiger partial charge in [-0.2, -0.15) is 0 Å². The number of piperazine rings is 1. The summed E-state index contributed by atoms with van der Waals surface area (Å²) in [6, 6.07) is 9.47. The van der Waals surface area contributed by atoms with Crippen LogP contribution in [0.5, 0.6) is 0 Å². The van der Waals surface area contributed by atoms with E-state index in [1.165, 1.54) is 0 Å². The second-order valence-electron chi connectivity index (χ2n) is 7.70. The second-order valence-corrected chi connectivity index (χ2v) is 7.70. The lowest BCUT2D eigenvalue weighted by Gasteiger charge is -2.49. The zero-order valence-electron chi connectivity index (χ0n) is 14.7. The fourth-order valence-electron chi connectivity index (χ4n) is 3.65. The number of piperidine rings is 1. The van der Waals surface area contributed by atoms with Crippen LogP contribution >= 0.6 is 0 Å². The summed E-state index contributed by atoms with van der Waals surface area (Å²) in [6.07, 6.45) is 2.70. The summed E-state index contributed by atoms with van der Waals surface area (Å²) < 4.78 is 5.58. The Labute approximate surface area is 143 Å². The van der Waals surface area contributed by atoms with Crippen LogP contribution in [0.2, 0.25) is 0 Å². The van der Waals surface area contributed by atoms with Crippen molar-refractivity contribution in [3.8, 4) is 0 Å². The number of carbonyl (C=O) groups excluding carboxylic acids is 2. The molecule has 2 saturated heterocycles. The van der Waals surface area contributed by atoms with Crippen molar-refractivity contribution in [2.45, 2.75) is 57.7 Å². The van der Waals surface area contributed by atoms with Crippen LogP contribution < -0.4 is 0 Å². The van der Waals surface area contributed by atoms with Gasteiger partial charge in [-0.3, -0.25) is 9.69 Å². The molecule has 0 radical (unpaired) electrons. The van der Waals surface area contributed by atoms with Gasteiger partial charge in [0.1, 0.15) is 5.60 Å². The highest BCUT2D eigenvalue weighted by Gasteiger charge is 2.43. The monoisotopic (exact) mass is 330 g/mol. The molecule has 130 valence electrons. The number of amides is 2. The summed E-state index contributed by atoms with van der Waals surface area (Å²) in [6.45, 7) is 6.83. The molecule has 24 heavy (non-hydrogen) atoms. The maximum absolute atomic E-state index is 12.7. The summed E-state index contributed by atoms with van der Waals surface area (Å²) >= 11 is 0. The number of likely N-dealkylation sites (tertiary alicyclic amines) is 1. The Balaban J connectivity index is 1.74. The molecule has 2 bridgehead atoms. The molecular weight excluding hydrogens is 304 g/mol. The van der Waals surface area contributed by atoms with Gasteiger partial charge in [-0.05, 0) is 52.2 Å². The van der Waals surface area contributed by atoms with Crippen molar-refractivity contribution < 1.29 is 14.3 Å². The zero-order valence-corrected chi connectivity index (χ0v) is 14.7. The molecule has 2 heterocycles. The molecule has 2 aliphatic heterocycles. The number of carbonyl (C=O) groups is 2. The lowest BCUT2D eigenvalue weighted by Crippen LogP contribution is -2.64. The van der Waals surface area contributed by atoms with E-state index in [1.54, 1.807) is 0 Å². The third kappa shape index (κ3) is 3.55. The summed E-state index contributed by atoms with van der Waals surface area (Å²) in [7, 11) is 0. The molecule has 0 aliphatic carbocycles. The first-order valence-corrected chi connectivity index (χ1v) is 8.71. The number of rotatable bonds is 1. The van der Waals surface area contributed by atoms with Gasteiger partial charge in [-0.15, -0.1) is 0 Å². The predicted octanol–water partition coefficient (Wildman–Crippen LogP) is 3.30. The number of ether oxygens (including phenoxy) is 1. The van der Waals surface area contributed by atoms with E-state index in [1.807, 2.05) is 60.9 Å². The van der Waals surface area contributed by atoms with Gasteiger partial charge in [-0.1, -0.05) is 18.2 Å².